The number of carbonyl (C=O) groups excluding carboxylic acids is 3. The molecule has 4 N–H and O–H groups in total. The van der Waals surface area contributed by atoms with Crippen molar-refractivity contribution < 1.29 is 14.4 Å². The molecule has 2 rings (SSSR count). The van der Waals surface area contributed by atoms with Crippen LogP contribution in [0.25, 0.3) is 0 Å². The average Bonchev–Trinajstić information content (AvgIpc) is 2.53. The summed E-state index contributed by atoms with van der Waals surface area (Å²) < 4.78 is 0. The van der Waals surface area contributed by atoms with Crippen LogP contribution in [0.5, 0.6) is 0 Å². The molecule has 122 valence electrons. The predicted molar refractivity (Wildman–Crippen MR) is 80.1 cm³/mol. The molecule has 8 heteroatoms. The van der Waals surface area contributed by atoms with Crippen LogP contribution >= 0.6 is 0 Å². The lowest BCUT2D eigenvalue weighted by molar-refractivity contribution is -0.139. The lowest BCUT2D eigenvalue weighted by Crippen LogP contribution is -2.58. The summed E-state index contributed by atoms with van der Waals surface area (Å²) in [5.41, 5.74) is 5.35. The maximum atomic E-state index is 12.4. The van der Waals surface area contributed by atoms with Gasteiger partial charge in [-0.2, -0.15) is 5.10 Å². The third-order valence-electron chi connectivity index (χ3n) is 4.25. The van der Waals surface area contributed by atoms with Crippen molar-refractivity contribution >= 4 is 23.4 Å². The minimum absolute atomic E-state index is 0.00431. The Morgan fingerprint density at radius 2 is 1.95 bits per heavy atom. The Hall–Kier alpha value is -1.96. The van der Waals surface area contributed by atoms with Crippen LogP contribution in [-0.4, -0.2) is 45.5 Å². The normalized spacial score (nSPS) is 23.2. The van der Waals surface area contributed by atoms with Gasteiger partial charge in [0.15, 0.2) is 0 Å². The molecule has 3 amide bonds. The van der Waals surface area contributed by atoms with Gasteiger partial charge < -0.3 is 5.73 Å². The molecule has 22 heavy (non-hydrogen) atoms. The van der Waals surface area contributed by atoms with Crippen LogP contribution in [0.1, 0.15) is 51.9 Å². The fourth-order valence-electron chi connectivity index (χ4n) is 3.00. The number of hydrogen-bond donors (Lipinski definition) is 2. The van der Waals surface area contributed by atoms with E-state index in [1.807, 2.05) is 0 Å². The first kappa shape index (κ1) is 16.4. The smallest absolute Gasteiger partial charge is 0.267 e. The Balaban J connectivity index is 2.26. The topological polar surface area (TPSA) is 122 Å². The Kier molecular flexibility index (Phi) is 5.12. The summed E-state index contributed by atoms with van der Waals surface area (Å²) in [6.07, 6.45) is 5.08. The Morgan fingerprint density at radius 3 is 2.50 bits per heavy atom. The van der Waals surface area contributed by atoms with E-state index in [0.717, 1.165) is 37.1 Å². The van der Waals surface area contributed by atoms with Crippen molar-refractivity contribution in [3.05, 3.63) is 0 Å². The quantitative estimate of drug-likeness (QED) is 0.427. The molecule has 0 spiro atoms. The largest absolute Gasteiger partial charge is 0.364 e. The van der Waals surface area contributed by atoms with Crippen LogP contribution in [0, 0.1) is 0 Å². The first-order chi connectivity index (χ1) is 10.5. The molecular weight excluding hydrogens is 286 g/mol. The molecule has 1 fully saturated rings. The molecule has 0 radical (unpaired) electrons. The SMILES string of the molecule is CCC(=O)N(N)C1CC(=O)N(C2CCCCC2)N=C1C(N)=O. The summed E-state index contributed by atoms with van der Waals surface area (Å²) in [6, 6.07) is -0.873. The Bertz CT molecular complexity index is 499. The van der Waals surface area contributed by atoms with Gasteiger partial charge in [0.2, 0.25) is 11.8 Å². The Morgan fingerprint density at radius 1 is 1.32 bits per heavy atom. The highest BCUT2D eigenvalue weighted by molar-refractivity contribution is 6.41. The number of amides is 3. The van der Waals surface area contributed by atoms with E-state index in [-0.39, 0.29) is 36.4 Å². The Labute approximate surface area is 129 Å². The van der Waals surface area contributed by atoms with Gasteiger partial charge in [-0.15, -0.1) is 0 Å². The summed E-state index contributed by atoms with van der Waals surface area (Å²) in [4.78, 5) is 35.8. The van der Waals surface area contributed by atoms with Crippen LogP contribution in [0.2, 0.25) is 0 Å². The van der Waals surface area contributed by atoms with Gasteiger partial charge in [-0.3, -0.25) is 19.4 Å². The van der Waals surface area contributed by atoms with E-state index in [9.17, 15) is 14.4 Å². The summed E-state index contributed by atoms with van der Waals surface area (Å²) >= 11 is 0. The van der Waals surface area contributed by atoms with E-state index in [1.165, 1.54) is 5.01 Å². The highest BCUT2D eigenvalue weighted by atomic mass is 16.2. The molecule has 2 aliphatic rings. The molecule has 1 unspecified atom stereocenters. The molecule has 8 nitrogen and oxygen atoms in total. The molecule has 1 aliphatic carbocycles. The third-order valence-corrected chi connectivity index (χ3v) is 4.25. The van der Waals surface area contributed by atoms with Gasteiger partial charge >= 0.3 is 0 Å². The van der Waals surface area contributed by atoms with E-state index in [1.54, 1.807) is 6.92 Å². The molecule has 1 saturated carbocycles. The van der Waals surface area contributed by atoms with Crippen molar-refractivity contribution in [3.63, 3.8) is 0 Å². The van der Waals surface area contributed by atoms with Crippen molar-refractivity contribution in [1.82, 2.24) is 10.0 Å². The summed E-state index contributed by atoms with van der Waals surface area (Å²) in [7, 11) is 0. The van der Waals surface area contributed by atoms with Gasteiger partial charge in [-0.05, 0) is 12.8 Å². The highest BCUT2D eigenvalue weighted by Crippen LogP contribution is 2.26. The summed E-state index contributed by atoms with van der Waals surface area (Å²) in [5.74, 6) is 4.40. The summed E-state index contributed by atoms with van der Waals surface area (Å²) in [5, 5.41) is 6.43. The van der Waals surface area contributed by atoms with Crippen molar-refractivity contribution in [2.75, 3.05) is 0 Å². The lowest BCUT2D eigenvalue weighted by atomic mass is 9.94. The first-order valence-electron chi connectivity index (χ1n) is 7.72. The maximum absolute atomic E-state index is 12.4. The van der Waals surface area contributed by atoms with Gasteiger partial charge in [0.1, 0.15) is 11.8 Å². The van der Waals surface area contributed by atoms with Crippen molar-refractivity contribution in [3.8, 4) is 0 Å². The molecule has 0 aromatic heterocycles. The van der Waals surface area contributed by atoms with Crippen LogP contribution in [0.15, 0.2) is 5.10 Å². The zero-order chi connectivity index (χ0) is 16.3. The fraction of sp³-hybridized carbons (Fsp3) is 0.714. The number of hydrogen-bond acceptors (Lipinski definition) is 5. The van der Waals surface area contributed by atoms with E-state index in [2.05, 4.69) is 5.10 Å². The number of rotatable bonds is 4. The monoisotopic (exact) mass is 309 g/mol. The molecule has 0 aromatic carbocycles. The number of nitrogens with two attached hydrogens (primary N) is 2. The van der Waals surface area contributed by atoms with Crippen LogP contribution in [0.3, 0.4) is 0 Å². The third kappa shape index (κ3) is 3.27. The van der Waals surface area contributed by atoms with Crippen molar-refractivity contribution in [2.24, 2.45) is 16.7 Å². The summed E-state index contributed by atoms with van der Waals surface area (Å²) in [6.45, 7) is 1.66. The molecule has 1 atom stereocenters. The number of carbonyl (C=O) groups is 3. The second kappa shape index (κ2) is 6.87. The fourth-order valence-corrected chi connectivity index (χ4v) is 3.00. The van der Waals surface area contributed by atoms with Crippen LogP contribution in [-0.2, 0) is 14.4 Å². The van der Waals surface area contributed by atoms with Gasteiger partial charge in [-0.25, -0.2) is 10.9 Å². The molecule has 0 bridgehead atoms. The highest BCUT2D eigenvalue weighted by Gasteiger charge is 2.39. The first-order valence-corrected chi connectivity index (χ1v) is 7.72. The zero-order valence-corrected chi connectivity index (χ0v) is 12.8. The zero-order valence-electron chi connectivity index (χ0n) is 12.8. The van der Waals surface area contributed by atoms with Gasteiger partial charge in [0.05, 0.1) is 12.5 Å². The second-order valence-electron chi connectivity index (χ2n) is 5.75. The maximum Gasteiger partial charge on any atom is 0.267 e. The molecule has 1 aliphatic heterocycles. The van der Waals surface area contributed by atoms with Crippen molar-refractivity contribution in [1.29, 1.82) is 0 Å². The van der Waals surface area contributed by atoms with Gasteiger partial charge in [0, 0.05) is 6.42 Å². The molecule has 0 aromatic rings. The number of hydrazine groups is 1. The second-order valence-corrected chi connectivity index (χ2v) is 5.75. The number of primary amides is 1. The molecule has 1 heterocycles. The number of hydrazone groups is 1. The van der Waals surface area contributed by atoms with E-state index in [0.29, 0.717) is 0 Å². The van der Waals surface area contributed by atoms with Crippen LogP contribution < -0.4 is 11.6 Å². The van der Waals surface area contributed by atoms with Gasteiger partial charge in [-0.1, -0.05) is 26.2 Å². The predicted octanol–water partition coefficient (Wildman–Crippen LogP) is -0.126. The van der Waals surface area contributed by atoms with E-state index < -0.39 is 11.9 Å². The lowest BCUT2D eigenvalue weighted by Gasteiger charge is -2.37. The van der Waals surface area contributed by atoms with Crippen molar-refractivity contribution in [2.45, 2.75) is 64.0 Å². The van der Waals surface area contributed by atoms with Crippen LogP contribution in [0.4, 0.5) is 0 Å². The minimum Gasteiger partial charge on any atom is -0.364 e. The van der Waals surface area contributed by atoms with E-state index in [4.69, 9.17) is 11.6 Å². The minimum atomic E-state index is -0.878. The number of nitrogens with zero attached hydrogens (tertiary/aromatic N) is 3. The van der Waals surface area contributed by atoms with E-state index >= 15 is 0 Å². The molecule has 0 saturated heterocycles. The standard InChI is InChI=1S/C14H23N5O3/c1-2-11(20)18(16)10-8-12(21)19(17-13(10)14(15)22)9-6-4-3-5-7-9/h9-10H,2-8,16H2,1H3,(H2,15,22). The molecular formula is C14H23N5O3. The van der Waals surface area contributed by atoms with Gasteiger partial charge in [0.25, 0.3) is 5.91 Å². The average molecular weight is 309 g/mol.